The number of nitrogens with two attached hydrogens (primary N) is 3. The van der Waals surface area contributed by atoms with Gasteiger partial charge in [-0.1, -0.05) is 24.4 Å². The highest BCUT2D eigenvalue weighted by Crippen LogP contribution is 2.34. The highest BCUT2D eigenvalue weighted by molar-refractivity contribution is 6.30. The van der Waals surface area contributed by atoms with Gasteiger partial charge in [-0.25, -0.2) is 20.8 Å². The Balaban J connectivity index is 0.000000629. The lowest BCUT2D eigenvalue weighted by Crippen LogP contribution is -2.62. The van der Waals surface area contributed by atoms with Crippen LogP contribution >= 0.6 is 11.6 Å². The molecular weight excluding hydrogens is 638 g/mol. The van der Waals surface area contributed by atoms with Crippen LogP contribution in [0.15, 0.2) is 47.5 Å². The summed E-state index contributed by atoms with van der Waals surface area (Å²) in [6.07, 6.45) is 7.71. The molecule has 0 radical (unpaired) electrons. The summed E-state index contributed by atoms with van der Waals surface area (Å²) in [4.78, 5) is 32.9. The highest BCUT2D eigenvalue weighted by atomic mass is 35.5. The summed E-state index contributed by atoms with van der Waals surface area (Å²) in [5, 5.41) is 37.1. The molecule has 1 amide bonds. The Bertz CT molecular complexity index is 1580. The molecule has 1 fully saturated rings. The second-order valence-electron chi connectivity index (χ2n) is 10.9. The van der Waals surface area contributed by atoms with Gasteiger partial charge in [-0.3, -0.25) is 10.6 Å². The van der Waals surface area contributed by atoms with Gasteiger partial charge in [0.15, 0.2) is 5.69 Å². The summed E-state index contributed by atoms with van der Waals surface area (Å²) in [6, 6.07) is 11.8. The van der Waals surface area contributed by atoms with Crippen LogP contribution in [0.2, 0.25) is 5.02 Å². The van der Waals surface area contributed by atoms with E-state index in [2.05, 4.69) is 42.8 Å². The van der Waals surface area contributed by atoms with Crippen molar-refractivity contribution in [3.05, 3.63) is 64.6 Å². The van der Waals surface area contributed by atoms with E-state index in [0.717, 1.165) is 24.8 Å². The third-order valence-electron chi connectivity index (χ3n) is 7.00. The van der Waals surface area contributed by atoms with E-state index in [4.69, 9.17) is 33.2 Å². The number of hydrazine groups is 2. The van der Waals surface area contributed by atoms with Gasteiger partial charge in [-0.15, -0.1) is 0 Å². The fourth-order valence-corrected chi connectivity index (χ4v) is 5.16. The monoisotopic (exact) mass is 681 g/mol. The number of nitriles is 1. The minimum atomic E-state index is -0.505. The number of benzene rings is 2. The second-order valence-corrected chi connectivity index (χ2v) is 11.3. The number of aromatic hydroxyl groups is 1. The van der Waals surface area contributed by atoms with Crippen LogP contribution in [-0.2, 0) is 9.59 Å². The number of hydrogen-bond acceptors (Lipinski definition) is 12. The van der Waals surface area contributed by atoms with Gasteiger partial charge in [0.1, 0.15) is 30.8 Å². The lowest BCUT2D eigenvalue weighted by molar-refractivity contribution is -0.117. The van der Waals surface area contributed by atoms with Crippen LogP contribution < -0.4 is 33.5 Å². The minimum Gasteiger partial charge on any atom is -0.508 e. The zero-order valence-corrected chi connectivity index (χ0v) is 27.8. The average molecular weight is 682 g/mol. The summed E-state index contributed by atoms with van der Waals surface area (Å²) in [5.41, 5.74) is 9.75. The van der Waals surface area contributed by atoms with Gasteiger partial charge in [0.25, 0.3) is 0 Å². The van der Waals surface area contributed by atoms with E-state index in [1.54, 1.807) is 54.4 Å². The van der Waals surface area contributed by atoms with Crippen molar-refractivity contribution < 1.29 is 19.8 Å². The maximum atomic E-state index is 12.9. The van der Waals surface area contributed by atoms with Crippen LogP contribution in [0.5, 0.6) is 5.75 Å². The quantitative estimate of drug-likeness (QED) is 0.0619. The zero-order chi connectivity index (χ0) is 35.7. The largest absolute Gasteiger partial charge is 0.508 e. The van der Waals surface area contributed by atoms with Crippen molar-refractivity contribution in [1.82, 2.24) is 25.7 Å². The van der Waals surface area contributed by atoms with E-state index in [1.165, 1.54) is 19.5 Å². The van der Waals surface area contributed by atoms with Gasteiger partial charge in [0.05, 0.1) is 23.0 Å². The minimum absolute atomic E-state index is 0.126. The van der Waals surface area contributed by atoms with Crippen LogP contribution in [-0.4, -0.2) is 76.5 Å². The number of carbonyl (C=O) groups excluding carboxylic acids is 2. The summed E-state index contributed by atoms with van der Waals surface area (Å²) in [6.45, 7) is 5.69. The average Bonchev–Trinajstić information content (AvgIpc) is 3.49. The van der Waals surface area contributed by atoms with E-state index in [-0.39, 0.29) is 17.4 Å². The molecule has 2 aromatic carbocycles. The number of rotatable bonds is 5. The van der Waals surface area contributed by atoms with Crippen molar-refractivity contribution >= 4 is 48.1 Å². The number of aromatic amines is 1. The lowest BCUT2D eigenvalue weighted by Gasteiger charge is -2.40. The predicted octanol–water partition coefficient (Wildman–Crippen LogP) is 2.60. The van der Waals surface area contributed by atoms with Gasteiger partial charge < -0.3 is 41.8 Å². The Morgan fingerprint density at radius 1 is 1.23 bits per heavy atom. The van der Waals surface area contributed by atoms with Crippen molar-refractivity contribution in [2.75, 3.05) is 32.0 Å². The smallest absolute Gasteiger partial charge is 0.244 e. The number of phenolic OH excluding ortho intramolecular Hbond substituents is 1. The number of hydrogen-bond donors (Lipinski definition) is 9. The topological polar surface area (TPSA) is 257 Å². The number of amides is 1. The molecule has 2 aliphatic heterocycles. The van der Waals surface area contributed by atoms with Gasteiger partial charge in [-0.2, -0.15) is 5.26 Å². The van der Waals surface area contributed by atoms with Crippen molar-refractivity contribution in [3.8, 4) is 23.1 Å². The van der Waals surface area contributed by atoms with E-state index < -0.39 is 11.6 Å². The predicted molar refractivity (Wildman–Crippen MR) is 188 cm³/mol. The molecule has 0 aliphatic carbocycles. The van der Waals surface area contributed by atoms with Crippen LogP contribution in [0.3, 0.4) is 0 Å². The number of aliphatic hydroxyl groups is 1. The van der Waals surface area contributed by atoms with Gasteiger partial charge in [0.2, 0.25) is 5.91 Å². The number of H-pyrrole nitrogens is 1. The molecule has 0 spiro atoms. The molecule has 16 heteroatoms. The highest BCUT2D eigenvalue weighted by Gasteiger charge is 2.34. The van der Waals surface area contributed by atoms with E-state index in [9.17, 15) is 15.2 Å². The number of carbonyl (C=O) groups is 2. The molecule has 2 aliphatic rings. The number of halogens is 1. The SMILES string of the molecule is C=O.CC1(O)CN(N)C1.CN.N#Cc1nc2[nH]c1-c1ccc(O)cc1NCCCCC[C@@H]2NC(=O)/C=C/c1cc(Cl)ccc1N=CNN. The summed E-state index contributed by atoms with van der Waals surface area (Å²) in [5.74, 6) is 10.8. The number of nitrogens with zero attached hydrogens (tertiary/aromatic N) is 4. The fraction of sp³-hybridized carbons (Fsp3) is 0.344. The van der Waals surface area contributed by atoms with Crippen LogP contribution in [0.25, 0.3) is 17.3 Å². The number of anilines is 1. The fourth-order valence-electron chi connectivity index (χ4n) is 4.98. The van der Waals surface area contributed by atoms with E-state index in [0.29, 0.717) is 59.5 Å². The Morgan fingerprint density at radius 3 is 2.58 bits per heavy atom. The number of aromatic nitrogens is 2. The molecule has 1 aromatic heterocycles. The maximum absolute atomic E-state index is 12.9. The standard InChI is InChI=1S/C26H27ClN8O2.C4H10N2O.CH5N.CH2O/c27-17-6-9-20(31-15-32-29)16(12-17)5-10-24(37)33-21-4-2-1-3-11-30-22-13-18(36)7-8-19(22)25-23(14-28)34-26(21)35-25;1-4(7)2-6(5)3-4;2*1-2/h5-10,12-13,15,21,30,36H,1-4,11,29H2,(H,31,32)(H,33,37)(H,34,35);7H,2-3,5H2,1H3;2H2,1H3;1H2/b10-5+;;;/t21-;;;/m0.../s1. The number of imidazole rings is 1. The first-order valence-corrected chi connectivity index (χ1v) is 15.4. The molecule has 15 nitrogen and oxygen atoms in total. The summed E-state index contributed by atoms with van der Waals surface area (Å²) >= 11 is 6.12. The molecule has 3 aromatic rings. The molecule has 5 rings (SSSR count). The number of aliphatic imine (C=N–C) groups is 1. The van der Waals surface area contributed by atoms with Gasteiger partial charge in [0, 0.05) is 53.6 Å². The van der Waals surface area contributed by atoms with E-state index in [1.807, 2.05) is 6.79 Å². The Hall–Kier alpha value is -4.82. The van der Waals surface area contributed by atoms with Crippen LogP contribution in [0.4, 0.5) is 11.4 Å². The number of phenols is 1. The van der Waals surface area contributed by atoms with Crippen molar-refractivity contribution in [2.24, 2.45) is 22.4 Å². The molecule has 2 bridgehead atoms. The molecular formula is C32H44ClN11O4. The first-order valence-electron chi connectivity index (χ1n) is 15.0. The van der Waals surface area contributed by atoms with Crippen LogP contribution in [0.1, 0.15) is 55.7 Å². The molecule has 1 atom stereocenters. The van der Waals surface area contributed by atoms with Crippen molar-refractivity contribution in [2.45, 2.75) is 44.2 Å². The van der Waals surface area contributed by atoms with E-state index >= 15 is 0 Å². The Morgan fingerprint density at radius 2 is 1.96 bits per heavy atom. The molecule has 3 heterocycles. The normalized spacial score (nSPS) is 16.7. The molecule has 12 N–H and O–H groups in total. The molecule has 1 saturated heterocycles. The number of β-amino-alcohol motifs (C(OH)–C–C–N with tert-alkyl or cyclic N) is 1. The lowest BCUT2D eigenvalue weighted by atomic mass is 10.00. The number of nitrogens with one attached hydrogen (secondary N) is 4. The molecule has 258 valence electrons. The van der Waals surface area contributed by atoms with Gasteiger partial charge in [-0.05, 0) is 63.2 Å². The molecule has 48 heavy (non-hydrogen) atoms. The maximum Gasteiger partial charge on any atom is 0.244 e. The third kappa shape index (κ3) is 11.8. The zero-order valence-electron chi connectivity index (χ0n) is 27.0. The summed E-state index contributed by atoms with van der Waals surface area (Å²) < 4.78 is 0. The number of fused-ring (bicyclic) bond motifs is 4. The summed E-state index contributed by atoms with van der Waals surface area (Å²) in [7, 11) is 1.50. The first kappa shape index (κ1) is 39.4. The second kappa shape index (κ2) is 19.8. The first-order chi connectivity index (χ1) is 23.1. The van der Waals surface area contributed by atoms with Crippen molar-refractivity contribution in [1.29, 1.82) is 5.26 Å². The Kier molecular flexibility index (Phi) is 16.2. The van der Waals surface area contributed by atoms with Crippen molar-refractivity contribution in [3.63, 3.8) is 0 Å². The van der Waals surface area contributed by atoms with Crippen LogP contribution in [0, 0.1) is 11.3 Å². The molecule has 0 unspecified atom stereocenters. The third-order valence-corrected chi connectivity index (χ3v) is 7.24. The Labute approximate surface area is 284 Å². The van der Waals surface area contributed by atoms with Gasteiger partial charge >= 0.3 is 0 Å². The molecule has 0 saturated carbocycles.